The normalized spacial score (nSPS) is 13.4. The molecule has 0 amide bonds. The Morgan fingerprint density at radius 2 is 1.42 bits per heavy atom. The van der Waals surface area contributed by atoms with Gasteiger partial charge in [0.2, 0.25) is 0 Å². The van der Waals surface area contributed by atoms with Crippen molar-refractivity contribution in [2.75, 3.05) is 27.2 Å². The minimum absolute atomic E-state index is 0.690. The maximum Gasteiger partial charge on any atom is 0.0242 e. The number of hydrogen-bond donors (Lipinski definition) is 1. The molecule has 0 saturated carbocycles. The molecule has 0 aliphatic heterocycles. The van der Waals surface area contributed by atoms with Crippen molar-refractivity contribution in [3.05, 3.63) is 0 Å². The second-order valence-electron chi connectivity index (χ2n) is 6.08. The average molecular weight is 271 g/mol. The van der Waals surface area contributed by atoms with Crippen LogP contribution in [0.2, 0.25) is 0 Å². The number of likely N-dealkylation sites (N-methyl/N-ethyl adjacent to an activating group) is 1. The Kier molecular flexibility index (Phi) is 12.9. The molecule has 0 aliphatic carbocycles. The molecule has 1 atom stereocenters. The molecular formula is C17H38N2. The summed E-state index contributed by atoms with van der Waals surface area (Å²) in [6.45, 7) is 9.25. The van der Waals surface area contributed by atoms with Crippen molar-refractivity contribution in [2.45, 2.75) is 78.2 Å². The SMILES string of the molecule is CCCCCCCCNCC(C(CC)CC)N(C)C. The van der Waals surface area contributed by atoms with Crippen LogP contribution in [0.15, 0.2) is 0 Å². The average Bonchev–Trinajstić information content (AvgIpc) is 2.40. The van der Waals surface area contributed by atoms with Crippen molar-refractivity contribution in [2.24, 2.45) is 5.92 Å². The molecule has 0 aromatic carbocycles. The van der Waals surface area contributed by atoms with Gasteiger partial charge in [-0.25, -0.2) is 0 Å². The Labute approximate surface area is 122 Å². The maximum absolute atomic E-state index is 3.67. The van der Waals surface area contributed by atoms with Gasteiger partial charge >= 0.3 is 0 Å². The monoisotopic (exact) mass is 270 g/mol. The molecule has 0 spiro atoms. The van der Waals surface area contributed by atoms with Gasteiger partial charge < -0.3 is 10.2 Å². The van der Waals surface area contributed by atoms with Gasteiger partial charge in [0.25, 0.3) is 0 Å². The van der Waals surface area contributed by atoms with E-state index in [1.165, 1.54) is 57.9 Å². The van der Waals surface area contributed by atoms with Gasteiger partial charge in [-0.1, -0.05) is 65.7 Å². The van der Waals surface area contributed by atoms with Crippen LogP contribution in [-0.4, -0.2) is 38.1 Å². The summed E-state index contributed by atoms with van der Waals surface area (Å²) in [5.41, 5.74) is 0. The summed E-state index contributed by atoms with van der Waals surface area (Å²) in [6.07, 6.45) is 10.9. The first kappa shape index (κ1) is 18.9. The van der Waals surface area contributed by atoms with E-state index in [0.29, 0.717) is 6.04 Å². The summed E-state index contributed by atoms with van der Waals surface area (Å²) < 4.78 is 0. The third-order valence-electron chi connectivity index (χ3n) is 4.32. The summed E-state index contributed by atoms with van der Waals surface area (Å²) in [6, 6.07) is 0.690. The summed E-state index contributed by atoms with van der Waals surface area (Å²) in [5, 5.41) is 3.67. The molecule has 116 valence electrons. The molecule has 0 rings (SSSR count). The van der Waals surface area contributed by atoms with Crippen LogP contribution in [0.1, 0.15) is 72.1 Å². The highest BCUT2D eigenvalue weighted by Gasteiger charge is 2.19. The first-order chi connectivity index (χ1) is 9.17. The number of unbranched alkanes of at least 4 members (excludes halogenated alkanes) is 5. The van der Waals surface area contributed by atoms with Crippen LogP contribution in [0.25, 0.3) is 0 Å². The van der Waals surface area contributed by atoms with E-state index < -0.39 is 0 Å². The smallest absolute Gasteiger partial charge is 0.0242 e. The second kappa shape index (κ2) is 12.9. The quantitative estimate of drug-likeness (QED) is 0.502. The van der Waals surface area contributed by atoms with E-state index >= 15 is 0 Å². The maximum atomic E-state index is 3.67. The molecule has 2 heteroatoms. The van der Waals surface area contributed by atoms with E-state index in [2.05, 4.69) is 45.1 Å². The zero-order valence-corrected chi connectivity index (χ0v) is 14.2. The van der Waals surface area contributed by atoms with Crippen LogP contribution in [0.3, 0.4) is 0 Å². The van der Waals surface area contributed by atoms with E-state index in [9.17, 15) is 0 Å². The standard InChI is InChI=1S/C17H38N2/c1-6-9-10-11-12-13-14-18-15-17(19(4)5)16(7-2)8-3/h16-18H,6-15H2,1-5H3. The molecule has 19 heavy (non-hydrogen) atoms. The van der Waals surface area contributed by atoms with Gasteiger partial charge in [0.05, 0.1) is 0 Å². The Hall–Kier alpha value is -0.0800. The highest BCUT2D eigenvalue weighted by molar-refractivity contribution is 4.76. The highest BCUT2D eigenvalue weighted by Crippen LogP contribution is 2.16. The number of rotatable bonds is 13. The minimum atomic E-state index is 0.690. The fourth-order valence-electron chi connectivity index (χ4n) is 2.88. The van der Waals surface area contributed by atoms with Crippen LogP contribution >= 0.6 is 0 Å². The fourth-order valence-corrected chi connectivity index (χ4v) is 2.88. The molecule has 0 aromatic heterocycles. The second-order valence-corrected chi connectivity index (χ2v) is 6.08. The van der Waals surface area contributed by atoms with Gasteiger partial charge in [-0.2, -0.15) is 0 Å². The van der Waals surface area contributed by atoms with Gasteiger partial charge in [-0.15, -0.1) is 0 Å². The fraction of sp³-hybridized carbons (Fsp3) is 1.00. The zero-order valence-electron chi connectivity index (χ0n) is 14.2. The molecule has 2 nitrogen and oxygen atoms in total. The van der Waals surface area contributed by atoms with Gasteiger partial charge in [0.1, 0.15) is 0 Å². The molecule has 0 fully saturated rings. The van der Waals surface area contributed by atoms with Crippen molar-refractivity contribution in [3.8, 4) is 0 Å². The van der Waals surface area contributed by atoms with Crippen molar-refractivity contribution >= 4 is 0 Å². The molecule has 0 saturated heterocycles. The molecule has 0 aromatic rings. The molecule has 0 radical (unpaired) electrons. The van der Waals surface area contributed by atoms with Crippen LogP contribution in [0, 0.1) is 5.92 Å². The van der Waals surface area contributed by atoms with E-state index in [-0.39, 0.29) is 0 Å². The largest absolute Gasteiger partial charge is 0.315 e. The number of nitrogens with one attached hydrogen (secondary N) is 1. The Morgan fingerprint density at radius 1 is 0.842 bits per heavy atom. The van der Waals surface area contributed by atoms with E-state index in [4.69, 9.17) is 0 Å². The van der Waals surface area contributed by atoms with E-state index in [0.717, 1.165) is 12.5 Å². The van der Waals surface area contributed by atoms with Crippen molar-refractivity contribution in [1.82, 2.24) is 10.2 Å². The lowest BCUT2D eigenvalue weighted by atomic mass is 9.93. The van der Waals surface area contributed by atoms with Crippen LogP contribution in [0.5, 0.6) is 0 Å². The predicted molar refractivity (Wildman–Crippen MR) is 87.8 cm³/mol. The lowest BCUT2D eigenvalue weighted by Crippen LogP contribution is -2.43. The highest BCUT2D eigenvalue weighted by atomic mass is 15.1. The molecule has 0 bridgehead atoms. The van der Waals surface area contributed by atoms with Crippen LogP contribution in [0.4, 0.5) is 0 Å². The van der Waals surface area contributed by atoms with Gasteiger partial charge in [0, 0.05) is 12.6 Å². The van der Waals surface area contributed by atoms with Crippen molar-refractivity contribution < 1.29 is 0 Å². The first-order valence-electron chi connectivity index (χ1n) is 8.54. The van der Waals surface area contributed by atoms with Gasteiger partial charge in [-0.3, -0.25) is 0 Å². The Balaban J connectivity index is 3.65. The molecule has 0 aliphatic rings. The molecule has 1 unspecified atom stereocenters. The molecule has 1 N–H and O–H groups in total. The lowest BCUT2D eigenvalue weighted by Gasteiger charge is -2.31. The number of nitrogens with zero attached hydrogens (tertiary/aromatic N) is 1. The zero-order chi connectivity index (χ0) is 14.5. The molecule has 0 heterocycles. The van der Waals surface area contributed by atoms with Crippen LogP contribution in [-0.2, 0) is 0 Å². The van der Waals surface area contributed by atoms with Crippen LogP contribution < -0.4 is 5.32 Å². The van der Waals surface area contributed by atoms with Crippen molar-refractivity contribution in [1.29, 1.82) is 0 Å². The summed E-state index contributed by atoms with van der Waals surface area (Å²) in [5.74, 6) is 0.826. The van der Waals surface area contributed by atoms with Crippen molar-refractivity contribution in [3.63, 3.8) is 0 Å². The van der Waals surface area contributed by atoms with E-state index in [1.54, 1.807) is 0 Å². The van der Waals surface area contributed by atoms with Gasteiger partial charge in [0.15, 0.2) is 0 Å². The minimum Gasteiger partial charge on any atom is -0.315 e. The third-order valence-corrected chi connectivity index (χ3v) is 4.32. The van der Waals surface area contributed by atoms with E-state index in [1.807, 2.05) is 0 Å². The topological polar surface area (TPSA) is 15.3 Å². The predicted octanol–water partition coefficient (Wildman–Crippen LogP) is 4.30. The third kappa shape index (κ3) is 9.45. The summed E-state index contributed by atoms with van der Waals surface area (Å²) in [4.78, 5) is 2.39. The summed E-state index contributed by atoms with van der Waals surface area (Å²) in [7, 11) is 4.44. The lowest BCUT2D eigenvalue weighted by molar-refractivity contribution is 0.194. The number of hydrogen-bond acceptors (Lipinski definition) is 2. The first-order valence-corrected chi connectivity index (χ1v) is 8.54. The Morgan fingerprint density at radius 3 is 1.95 bits per heavy atom. The molecular weight excluding hydrogens is 232 g/mol. The Bertz CT molecular complexity index is 176. The van der Waals surface area contributed by atoms with Gasteiger partial charge in [-0.05, 0) is 33.0 Å². The summed E-state index contributed by atoms with van der Waals surface area (Å²) >= 11 is 0.